The first-order valence-corrected chi connectivity index (χ1v) is 7.71. The maximum atomic E-state index is 5.96. The van der Waals surface area contributed by atoms with Crippen molar-refractivity contribution in [2.24, 2.45) is 5.92 Å². The molecule has 2 aromatic carbocycles. The minimum absolute atomic E-state index is 0.615. The highest BCUT2D eigenvalue weighted by molar-refractivity contribution is 5.33. The average Bonchev–Trinajstić information content (AvgIpc) is 2.51. The molecule has 0 unspecified atom stereocenters. The molecule has 0 aliphatic rings. The van der Waals surface area contributed by atoms with Crippen LogP contribution < -0.4 is 10.1 Å². The lowest BCUT2D eigenvalue weighted by molar-refractivity contribution is 0.302. The van der Waals surface area contributed by atoms with Gasteiger partial charge in [-0.25, -0.2) is 0 Å². The van der Waals surface area contributed by atoms with Gasteiger partial charge in [-0.2, -0.15) is 0 Å². The number of rotatable bonds is 8. The normalized spacial score (nSPS) is 10.8. The second-order valence-corrected chi connectivity index (χ2v) is 5.74. The molecule has 0 saturated carbocycles. The van der Waals surface area contributed by atoms with Crippen LogP contribution in [-0.2, 0) is 13.2 Å². The molecule has 0 amide bonds. The third kappa shape index (κ3) is 5.60. The lowest BCUT2D eigenvalue weighted by Crippen LogP contribution is -2.16. The number of hydrogen-bond donors (Lipinski definition) is 1. The molecule has 21 heavy (non-hydrogen) atoms. The lowest BCUT2D eigenvalue weighted by Gasteiger charge is -2.13. The molecule has 2 nitrogen and oxygen atoms in total. The van der Waals surface area contributed by atoms with E-state index in [1.165, 1.54) is 17.5 Å². The highest BCUT2D eigenvalue weighted by Gasteiger charge is 2.03. The maximum Gasteiger partial charge on any atom is 0.124 e. The number of benzene rings is 2. The van der Waals surface area contributed by atoms with Crippen molar-refractivity contribution in [3.05, 3.63) is 65.7 Å². The summed E-state index contributed by atoms with van der Waals surface area (Å²) in [6, 6.07) is 18.5. The molecule has 0 bridgehead atoms. The zero-order chi connectivity index (χ0) is 14.9. The van der Waals surface area contributed by atoms with Crippen LogP contribution in [0.1, 0.15) is 31.4 Å². The molecule has 0 saturated heterocycles. The van der Waals surface area contributed by atoms with E-state index in [9.17, 15) is 0 Å². The van der Waals surface area contributed by atoms with Crippen LogP contribution in [0.15, 0.2) is 54.6 Å². The number of nitrogens with one attached hydrogen (secondary N) is 1. The van der Waals surface area contributed by atoms with Gasteiger partial charge in [-0.3, -0.25) is 0 Å². The highest BCUT2D eigenvalue weighted by atomic mass is 16.5. The molecule has 0 aliphatic carbocycles. The predicted octanol–water partition coefficient (Wildman–Crippen LogP) is 4.40. The van der Waals surface area contributed by atoms with Crippen molar-refractivity contribution in [3.8, 4) is 5.75 Å². The molecule has 2 heteroatoms. The Hall–Kier alpha value is -1.80. The van der Waals surface area contributed by atoms with Crippen molar-refractivity contribution in [3.63, 3.8) is 0 Å². The molecule has 0 radical (unpaired) electrons. The molecule has 0 fully saturated rings. The summed E-state index contributed by atoms with van der Waals surface area (Å²) in [6.07, 6.45) is 1.20. The Balaban J connectivity index is 1.87. The van der Waals surface area contributed by atoms with Crippen LogP contribution in [-0.4, -0.2) is 6.54 Å². The summed E-state index contributed by atoms with van der Waals surface area (Å²) < 4.78 is 5.96. The van der Waals surface area contributed by atoms with E-state index >= 15 is 0 Å². The Morgan fingerprint density at radius 3 is 2.43 bits per heavy atom. The van der Waals surface area contributed by atoms with Gasteiger partial charge in [0.2, 0.25) is 0 Å². The predicted molar refractivity (Wildman–Crippen MR) is 88.4 cm³/mol. The van der Waals surface area contributed by atoms with E-state index in [4.69, 9.17) is 4.74 Å². The van der Waals surface area contributed by atoms with Gasteiger partial charge >= 0.3 is 0 Å². The van der Waals surface area contributed by atoms with Crippen molar-refractivity contribution < 1.29 is 4.74 Å². The van der Waals surface area contributed by atoms with E-state index in [-0.39, 0.29) is 0 Å². The second kappa shape index (κ2) is 8.48. The van der Waals surface area contributed by atoms with Gasteiger partial charge in [0.1, 0.15) is 12.4 Å². The molecule has 1 N–H and O–H groups in total. The van der Waals surface area contributed by atoms with E-state index in [2.05, 4.69) is 43.4 Å². The zero-order valence-corrected chi connectivity index (χ0v) is 13.0. The molecule has 112 valence electrons. The molecular formula is C19H25NO. The van der Waals surface area contributed by atoms with Gasteiger partial charge in [0.15, 0.2) is 0 Å². The number of hydrogen-bond acceptors (Lipinski definition) is 2. The minimum Gasteiger partial charge on any atom is -0.489 e. The Kier molecular flexibility index (Phi) is 6.29. The first-order valence-electron chi connectivity index (χ1n) is 7.71. The van der Waals surface area contributed by atoms with Crippen LogP contribution in [0.2, 0.25) is 0 Å². The van der Waals surface area contributed by atoms with E-state index in [0.717, 1.165) is 24.8 Å². The monoisotopic (exact) mass is 283 g/mol. The molecular weight excluding hydrogens is 258 g/mol. The second-order valence-electron chi connectivity index (χ2n) is 5.74. The topological polar surface area (TPSA) is 21.3 Å². The first kappa shape index (κ1) is 15.6. The van der Waals surface area contributed by atoms with Crippen LogP contribution >= 0.6 is 0 Å². The van der Waals surface area contributed by atoms with E-state index in [0.29, 0.717) is 6.61 Å². The highest BCUT2D eigenvalue weighted by Crippen LogP contribution is 2.19. The van der Waals surface area contributed by atoms with Crippen molar-refractivity contribution in [1.29, 1.82) is 0 Å². The van der Waals surface area contributed by atoms with Gasteiger partial charge in [0.05, 0.1) is 0 Å². The quantitative estimate of drug-likeness (QED) is 0.725. The fraction of sp³-hybridized carbons (Fsp3) is 0.368. The third-order valence-electron chi connectivity index (χ3n) is 3.42. The van der Waals surface area contributed by atoms with Crippen LogP contribution in [0.3, 0.4) is 0 Å². The average molecular weight is 283 g/mol. The summed E-state index contributed by atoms with van der Waals surface area (Å²) in [5.74, 6) is 1.71. The van der Waals surface area contributed by atoms with Gasteiger partial charge in [0.25, 0.3) is 0 Å². The summed E-state index contributed by atoms with van der Waals surface area (Å²) in [5.41, 5.74) is 2.41. The van der Waals surface area contributed by atoms with Crippen LogP contribution in [0.5, 0.6) is 5.75 Å². The van der Waals surface area contributed by atoms with Crippen molar-refractivity contribution in [2.45, 2.75) is 33.4 Å². The van der Waals surface area contributed by atoms with Crippen molar-refractivity contribution in [2.75, 3.05) is 6.54 Å². The molecule has 0 aromatic heterocycles. The SMILES string of the molecule is CC(C)CCNCc1ccccc1OCc1ccccc1. The smallest absolute Gasteiger partial charge is 0.124 e. The van der Waals surface area contributed by atoms with Gasteiger partial charge in [0, 0.05) is 12.1 Å². The molecule has 0 heterocycles. The summed E-state index contributed by atoms with van der Waals surface area (Å²) in [5, 5.41) is 3.49. The number of ether oxygens (including phenoxy) is 1. The molecule has 2 rings (SSSR count). The standard InChI is InChI=1S/C19H25NO/c1-16(2)12-13-20-14-18-10-6-7-11-19(18)21-15-17-8-4-3-5-9-17/h3-11,16,20H,12-15H2,1-2H3. The molecule has 0 aliphatic heterocycles. The zero-order valence-electron chi connectivity index (χ0n) is 13.0. The minimum atomic E-state index is 0.615. The summed E-state index contributed by atoms with van der Waals surface area (Å²) in [6.45, 7) is 7.02. The van der Waals surface area contributed by atoms with Crippen LogP contribution in [0, 0.1) is 5.92 Å². The third-order valence-corrected chi connectivity index (χ3v) is 3.42. The molecule has 0 spiro atoms. The van der Waals surface area contributed by atoms with Crippen molar-refractivity contribution in [1.82, 2.24) is 5.32 Å². The Morgan fingerprint density at radius 1 is 0.952 bits per heavy atom. The fourth-order valence-electron chi connectivity index (χ4n) is 2.14. The van der Waals surface area contributed by atoms with Crippen LogP contribution in [0.4, 0.5) is 0 Å². The van der Waals surface area contributed by atoms with Gasteiger partial charge in [-0.1, -0.05) is 62.4 Å². The van der Waals surface area contributed by atoms with Gasteiger partial charge < -0.3 is 10.1 Å². The van der Waals surface area contributed by atoms with Crippen molar-refractivity contribution >= 4 is 0 Å². The first-order chi connectivity index (χ1) is 10.3. The fourth-order valence-corrected chi connectivity index (χ4v) is 2.14. The summed E-state index contributed by atoms with van der Waals surface area (Å²) in [7, 11) is 0. The largest absolute Gasteiger partial charge is 0.489 e. The van der Waals surface area contributed by atoms with E-state index in [1.54, 1.807) is 0 Å². The molecule has 0 atom stereocenters. The maximum absolute atomic E-state index is 5.96. The summed E-state index contributed by atoms with van der Waals surface area (Å²) in [4.78, 5) is 0. The summed E-state index contributed by atoms with van der Waals surface area (Å²) >= 11 is 0. The van der Waals surface area contributed by atoms with E-state index in [1.807, 2.05) is 30.3 Å². The Labute approximate surface area is 128 Å². The Bertz CT molecular complexity index is 522. The molecule has 2 aromatic rings. The number of para-hydroxylation sites is 1. The van der Waals surface area contributed by atoms with Gasteiger partial charge in [-0.05, 0) is 30.5 Å². The van der Waals surface area contributed by atoms with Gasteiger partial charge in [-0.15, -0.1) is 0 Å². The lowest BCUT2D eigenvalue weighted by atomic mass is 10.1. The Morgan fingerprint density at radius 2 is 1.67 bits per heavy atom. The van der Waals surface area contributed by atoms with Crippen LogP contribution in [0.25, 0.3) is 0 Å². The van der Waals surface area contributed by atoms with E-state index < -0.39 is 0 Å².